The Morgan fingerprint density at radius 3 is 2.88 bits per heavy atom. The molecule has 3 nitrogen and oxygen atoms in total. The van der Waals surface area contributed by atoms with E-state index in [0.717, 1.165) is 43.0 Å². The zero-order valence-electron chi connectivity index (χ0n) is 10.2. The predicted octanol–water partition coefficient (Wildman–Crippen LogP) is 2.12. The number of rotatable bonds is 4. The van der Waals surface area contributed by atoms with Gasteiger partial charge in [-0.2, -0.15) is 0 Å². The molecule has 4 heteroatoms. The van der Waals surface area contributed by atoms with Crippen molar-refractivity contribution in [3.63, 3.8) is 0 Å². The molecule has 1 saturated heterocycles. The molecule has 1 fully saturated rings. The standard InChI is InChI=1S/C13H19BrN2O/c1-11-10-16(7-6-15-11)8-9-17-13-4-2-12(14)3-5-13/h2-5,11,15H,6-10H2,1H3. The van der Waals surface area contributed by atoms with Gasteiger partial charge < -0.3 is 10.1 Å². The van der Waals surface area contributed by atoms with Gasteiger partial charge in [0.15, 0.2) is 0 Å². The second-order valence-corrected chi connectivity index (χ2v) is 5.37. The van der Waals surface area contributed by atoms with Gasteiger partial charge in [0, 0.05) is 36.7 Å². The van der Waals surface area contributed by atoms with Crippen LogP contribution in [0.2, 0.25) is 0 Å². The van der Waals surface area contributed by atoms with Crippen molar-refractivity contribution in [3.05, 3.63) is 28.7 Å². The molecule has 0 aliphatic carbocycles. The maximum Gasteiger partial charge on any atom is 0.119 e. The molecule has 0 aromatic heterocycles. The number of nitrogens with zero attached hydrogens (tertiary/aromatic N) is 1. The zero-order valence-corrected chi connectivity index (χ0v) is 11.7. The largest absolute Gasteiger partial charge is 0.492 e. The number of hydrogen-bond acceptors (Lipinski definition) is 3. The Morgan fingerprint density at radius 1 is 1.41 bits per heavy atom. The fraction of sp³-hybridized carbons (Fsp3) is 0.538. The molecular weight excluding hydrogens is 280 g/mol. The van der Waals surface area contributed by atoms with Gasteiger partial charge in [-0.25, -0.2) is 0 Å². The van der Waals surface area contributed by atoms with E-state index in [0.29, 0.717) is 6.04 Å². The summed E-state index contributed by atoms with van der Waals surface area (Å²) < 4.78 is 6.80. The Morgan fingerprint density at radius 2 is 2.18 bits per heavy atom. The van der Waals surface area contributed by atoms with E-state index in [2.05, 4.69) is 33.1 Å². The van der Waals surface area contributed by atoms with Crippen LogP contribution in [-0.2, 0) is 0 Å². The normalized spacial score (nSPS) is 21.4. The third-order valence-corrected chi connectivity index (χ3v) is 3.47. The van der Waals surface area contributed by atoms with Crippen molar-refractivity contribution in [2.24, 2.45) is 0 Å². The summed E-state index contributed by atoms with van der Waals surface area (Å²) in [6.07, 6.45) is 0. The van der Waals surface area contributed by atoms with Crippen molar-refractivity contribution in [3.8, 4) is 5.75 Å². The van der Waals surface area contributed by atoms with Crippen LogP contribution in [0.15, 0.2) is 28.7 Å². The number of piperazine rings is 1. The molecule has 1 heterocycles. The fourth-order valence-electron chi connectivity index (χ4n) is 2.04. The molecule has 2 rings (SSSR count). The lowest BCUT2D eigenvalue weighted by molar-refractivity contribution is 0.170. The third-order valence-electron chi connectivity index (χ3n) is 2.94. The first-order chi connectivity index (χ1) is 8.24. The molecule has 0 saturated carbocycles. The minimum absolute atomic E-state index is 0.594. The van der Waals surface area contributed by atoms with Crippen LogP contribution in [0, 0.1) is 0 Å². The van der Waals surface area contributed by atoms with Crippen LogP contribution < -0.4 is 10.1 Å². The number of nitrogens with one attached hydrogen (secondary N) is 1. The summed E-state index contributed by atoms with van der Waals surface area (Å²) in [5.41, 5.74) is 0. The first kappa shape index (κ1) is 12.9. The fourth-order valence-corrected chi connectivity index (χ4v) is 2.30. The van der Waals surface area contributed by atoms with E-state index in [1.807, 2.05) is 24.3 Å². The van der Waals surface area contributed by atoms with Crippen molar-refractivity contribution in [2.75, 3.05) is 32.8 Å². The average molecular weight is 299 g/mol. The highest BCUT2D eigenvalue weighted by atomic mass is 79.9. The molecule has 1 aromatic rings. The lowest BCUT2D eigenvalue weighted by atomic mass is 10.2. The Kier molecular flexibility index (Phi) is 4.83. The van der Waals surface area contributed by atoms with Gasteiger partial charge in [-0.15, -0.1) is 0 Å². The van der Waals surface area contributed by atoms with Gasteiger partial charge in [0.05, 0.1) is 0 Å². The highest BCUT2D eigenvalue weighted by molar-refractivity contribution is 9.10. The van der Waals surface area contributed by atoms with Crippen molar-refractivity contribution >= 4 is 15.9 Å². The second-order valence-electron chi connectivity index (χ2n) is 4.46. The first-order valence-electron chi connectivity index (χ1n) is 6.08. The number of benzene rings is 1. The molecule has 0 spiro atoms. The number of halogens is 1. The van der Waals surface area contributed by atoms with Crippen LogP contribution in [-0.4, -0.2) is 43.7 Å². The van der Waals surface area contributed by atoms with E-state index < -0.39 is 0 Å². The summed E-state index contributed by atoms with van der Waals surface area (Å²) in [6.45, 7) is 7.30. The molecule has 0 radical (unpaired) electrons. The van der Waals surface area contributed by atoms with Crippen LogP contribution in [0.1, 0.15) is 6.92 Å². The third kappa shape index (κ3) is 4.30. The van der Waals surface area contributed by atoms with Gasteiger partial charge in [0.25, 0.3) is 0 Å². The van der Waals surface area contributed by atoms with E-state index >= 15 is 0 Å². The highest BCUT2D eigenvalue weighted by Crippen LogP contribution is 2.15. The van der Waals surface area contributed by atoms with Crippen LogP contribution >= 0.6 is 15.9 Å². The van der Waals surface area contributed by atoms with Crippen LogP contribution in [0.5, 0.6) is 5.75 Å². The molecule has 1 aromatic carbocycles. The Labute approximate surface area is 111 Å². The van der Waals surface area contributed by atoms with E-state index in [9.17, 15) is 0 Å². The van der Waals surface area contributed by atoms with Gasteiger partial charge in [-0.1, -0.05) is 15.9 Å². The summed E-state index contributed by atoms with van der Waals surface area (Å²) in [7, 11) is 0. The van der Waals surface area contributed by atoms with E-state index in [-0.39, 0.29) is 0 Å². The lowest BCUT2D eigenvalue weighted by Gasteiger charge is -2.31. The molecule has 94 valence electrons. The second kappa shape index (κ2) is 6.38. The molecule has 0 amide bonds. The summed E-state index contributed by atoms with van der Waals surface area (Å²) >= 11 is 3.41. The predicted molar refractivity (Wildman–Crippen MR) is 73.5 cm³/mol. The van der Waals surface area contributed by atoms with Gasteiger partial charge in [0.2, 0.25) is 0 Å². The van der Waals surface area contributed by atoms with Crippen molar-refractivity contribution < 1.29 is 4.74 Å². The Bertz CT molecular complexity index is 342. The summed E-state index contributed by atoms with van der Waals surface area (Å²) in [6, 6.07) is 8.58. The number of ether oxygens (including phenoxy) is 1. The van der Waals surface area contributed by atoms with Crippen molar-refractivity contribution in [1.82, 2.24) is 10.2 Å². The number of hydrogen-bond donors (Lipinski definition) is 1. The molecule has 1 atom stereocenters. The first-order valence-corrected chi connectivity index (χ1v) is 6.87. The lowest BCUT2D eigenvalue weighted by Crippen LogP contribution is -2.50. The Hall–Kier alpha value is -0.580. The van der Waals surface area contributed by atoms with E-state index in [1.165, 1.54) is 0 Å². The summed E-state index contributed by atoms with van der Waals surface area (Å²) in [5, 5.41) is 3.44. The maximum absolute atomic E-state index is 5.72. The van der Waals surface area contributed by atoms with Gasteiger partial charge in [-0.05, 0) is 31.2 Å². The van der Waals surface area contributed by atoms with Crippen molar-refractivity contribution in [1.29, 1.82) is 0 Å². The minimum Gasteiger partial charge on any atom is -0.492 e. The molecule has 1 aliphatic heterocycles. The monoisotopic (exact) mass is 298 g/mol. The molecule has 1 N–H and O–H groups in total. The molecule has 1 aliphatic rings. The molecule has 1 unspecified atom stereocenters. The van der Waals surface area contributed by atoms with Crippen LogP contribution in [0.3, 0.4) is 0 Å². The molecular formula is C13H19BrN2O. The van der Waals surface area contributed by atoms with E-state index in [4.69, 9.17) is 4.74 Å². The smallest absolute Gasteiger partial charge is 0.119 e. The summed E-state index contributed by atoms with van der Waals surface area (Å²) in [5.74, 6) is 0.941. The summed E-state index contributed by atoms with van der Waals surface area (Å²) in [4.78, 5) is 2.44. The van der Waals surface area contributed by atoms with Gasteiger partial charge in [-0.3, -0.25) is 4.90 Å². The van der Waals surface area contributed by atoms with Gasteiger partial charge >= 0.3 is 0 Å². The SMILES string of the molecule is CC1CN(CCOc2ccc(Br)cc2)CCN1. The molecule has 17 heavy (non-hydrogen) atoms. The highest BCUT2D eigenvalue weighted by Gasteiger charge is 2.14. The average Bonchev–Trinajstić information content (AvgIpc) is 2.32. The molecule has 0 bridgehead atoms. The van der Waals surface area contributed by atoms with E-state index in [1.54, 1.807) is 0 Å². The van der Waals surface area contributed by atoms with Crippen LogP contribution in [0.4, 0.5) is 0 Å². The minimum atomic E-state index is 0.594. The Balaban J connectivity index is 1.70. The quantitative estimate of drug-likeness (QED) is 0.922. The van der Waals surface area contributed by atoms with Crippen LogP contribution in [0.25, 0.3) is 0 Å². The van der Waals surface area contributed by atoms with Gasteiger partial charge in [0.1, 0.15) is 12.4 Å². The van der Waals surface area contributed by atoms with Crippen molar-refractivity contribution in [2.45, 2.75) is 13.0 Å². The maximum atomic E-state index is 5.72. The topological polar surface area (TPSA) is 24.5 Å². The zero-order chi connectivity index (χ0) is 12.1.